The van der Waals surface area contributed by atoms with Crippen molar-refractivity contribution < 1.29 is 13.7 Å². The third-order valence-electron chi connectivity index (χ3n) is 2.41. The highest BCUT2D eigenvalue weighted by molar-refractivity contribution is 5.94. The van der Waals surface area contributed by atoms with Crippen LogP contribution in [0.25, 0.3) is 0 Å². The van der Waals surface area contributed by atoms with E-state index in [-0.39, 0.29) is 5.56 Å². The Morgan fingerprint density at radius 3 is 3.00 bits per heavy atom. The second kappa shape index (κ2) is 5.39. The van der Waals surface area contributed by atoms with E-state index in [0.717, 1.165) is 5.56 Å². The van der Waals surface area contributed by atoms with Crippen molar-refractivity contribution in [2.24, 2.45) is 0 Å². The van der Waals surface area contributed by atoms with Crippen molar-refractivity contribution in [2.45, 2.75) is 13.3 Å². The number of amides is 1. The average Bonchev–Trinajstić information content (AvgIpc) is 2.81. The van der Waals surface area contributed by atoms with Crippen LogP contribution in [0.2, 0.25) is 0 Å². The lowest BCUT2D eigenvalue weighted by atomic mass is 10.1. The molecule has 0 bridgehead atoms. The zero-order chi connectivity index (χ0) is 13.0. The predicted molar refractivity (Wildman–Crippen MR) is 61.5 cm³/mol. The van der Waals surface area contributed by atoms with Crippen LogP contribution in [0.15, 0.2) is 29.1 Å². The van der Waals surface area contributed by atoms with Gasteiger partial charge in [-0.2, -0.15) is 4.98 Å². The largest absolute Gasteiger partial charge is 0.351 e. The highest BCUT2D eigenvalue weighted by Crippen LogP contribution is 2.09. The van der Waals surface area contributed by atoms with Gasteiger partial charge in [0.2, 0.25) is 6.39 Å². The van der Waals surface area contributed by atoms with Gasteiger partial charge in [-0.25, -0.2) is 4.39 Å². The first-order valence-electron chi connectivity index (χ1n) is 5.46. The maximum Gasteiger partial charge on any atom is 0.254 e. The van der Waals surface area contributed by atoms with Crippen LogP contribution in [0.1, 0.15) is 21.7 Å². The molecule has 0 saturated carbocycles. The Kier molecular flexibility index (Phi) is 3.66. The van der Waals surface area contributed by atoms with Gasteiger partial charge in [0.25, 0.3) is 5.91 Å². The van der Waals surface area contributed by atoms with Crippen molar-refractivity contribution in [3.63, 3.8) is 0 Å². The average molecular weight is 249 g/mol. The number of carbonyl (C=O) groups is 1. The fraction of sp³-hybridized carbons (Fsp3) is 0.250. The van der Waals surface area contributed by atoms with E-state index in [1.165, 1.54) is 18.5 Å². The SMILES string of the molecule is Cc1ccc(C(=O)NCCc2ncon2)c(F)c1. The lowest BCUT2D eigenvalue weighted by molar-refractivity contribution is 0.0950. The number of aryl methyl sites for hydroxylation is 1. The van der Waals surface area contributed by atoms with Crippen molar-refractivity contribution in [1.29, 1.82) is 0 Å². The van der Waals surface area contributed by atoms with E-state index in [0.29, 0.717) is 18.8 Å². The molecule has 2 rings (SSSR count). The lowest BCUT2D eigenvalue weighted by Gasteiger charge is -2.05. The molecule has 0 unspecified atom stereocenters. The van der Waals surface area contributed by atoms with Gasteiger partial charge >= 0.3 is 0 Å². The van der Waals surface area contributed by atoms with Crippen LogP contribution in [0.3, 0.4) is 0 Å². The van der Waals surface area contributed by atoms with Crippen LogP contribution < -0.4 is 5.32 Å². The smallest absolute Gasteiger partial charge is 0.254 e. The summed E-state index contributed by atoms with van der Waals surface area (Å²) in [6, 6.07) is 4.49. The summed E-state index contributed by atoms with van der Waals surface area (Å²) < 4.78 is 18.1. The first-order chi connectivity index (χ1) is 8.66. The van der Waals surface area contributed by atoms with Crippen molar-refractivity contribution in [3.05, 3.63) is 47.4 Å². The summed E-state index contributed by atoms with van der Waals surface area (Å²) in [6.07, 6.45) is 1.66. The van der Waals surface area contributed by atoms with Gasteiger partial charge in [0.15, 0.2) is 5.82 Å². The van der Waals surface area contributed by atoms with E-state index in [2.05, 4.69) is 20.0 Å². The first-order valence-corrected chi connectivity index (χ1v) is 5.46. The Balaban J connectivity index is 1.91. The number of aromatic nitrogens is 2. The predicted octanol–water partition coefficient (Wildman–Crippen LogP) is 1.49. The second-order valence-corrected chi connectivity index (χ2v) is 3.84. The summed E-state index contributed by atoms with van der Waals surface area (Å²) in [5.41, 5.74) is 0.810. The zero-order valence-electron chi connectivity index (χ0n) is 9.81. The van der Waals surface area contributed by atoms with Crippen molar-refractivity contribution in [3.8, 4) is 0 Å². The molecule has 0 radical (unpaired) electrons. The minimum atomic E-state index is -0.521. The lowest BCUT2D eigenvalue weighted by Crippen LogP contribution is -2.26. The summed E-state index contributed by atoms with van der Waals surface area (Å²) in [7, 11) is 0. The molecular weight excluding hydrogens is 237 g/mol. The molecule has 1 amide bonds. The number of nitrogens with one attached hydrogen (secondary N) is 1. The highest BCUT2D eigenvalue weighted by Gasteiger charge is 2.11. The molecule has 0 fully saturated rings. The third kappa shape index (κ3) is 2.91. The Morgan fingerprint density at radius 1 is 1.50 bits per heavy atom. The van der Waals surface area contributed by atoms with Gasteiger partial charge in [0, 0.05) is 13.0 Å². The normalized spacial score (nSPS) is 10.3. The Morgan fingerprint density at radius 2 is 2.33 bits per heavy atom. The molecule has 94 valence electrons. The standard InChI is InChI=1S/C12H12FN3O2/c1-8-2-3-9(10(13)6-8)12(17)14-5-4-11-15-7-18-16-11/h2-3,6-7H,4-5H2,1H3,(H,14,17). The third-order valence-corrected chi connectivity index (χ3v) is 2.41. The minimum Gasteiger partial charge on any atom is -0.351 e. The molecule has 1 aromatic carbocycles. The number of hydrogen-bond donors (Lipinski definition) is 1. The maximum absolute atomic E-state index is 13.5. The van der Waals surface area contributed by atoms with Crippen LogP contribution in [0.4, 0.5) is 4.39 Å². The van der Waals surface area contributed by atoms with E-state index >= 15 is 0 Å². The van der Waals surface area contributed by atoms with E-state index in [1.807, 2.05) is 0 Å². The quantitative estimate of drug-likeness (QED) is 0.891. The van der Waals surface area contributed by atoms with Gasteiger partial charge in [-0.1, -0.05) is 11.2 Å². The molecule has 6 heteroatoms. The van der Waals surface area contributed by atoms with E-state index in [1.54, 1.807) is 13.0 Å². The highest BCUT2D eigenvalue weighted by atomic mass is 19.1. The number of nitrogens with zero attached hydrogens (tertiary/aromatic N) is 2. The maximum atomic E-state index is 13.5. The summed E-state index contributed by atoms with van der Waals surface area (Å²) >= 11 is 0. The molecule has 5 nitrogen and oxygen atoms in total. The number of carbonyl (C=O) groups excluding carboxylic acids is 1. The molecule has 0 atom stereocenters. The molecule has 1 N–H and O–H groups in total. The molecule has 2 aromatic rings. The molecule has 18 heavy (non-hydrogen) atoms. The number of benzene rings is 1. The summed E-state index contributed by atoms with van der Waals surface area (Å²) in [5.74, 6) is -0.470. The van der Waals surface area contributed by atoms with Gasteiger partial charge in [0.05, 0.1) is 5.56 Å². The summed E-state index contributed by atoms with van der Waals surface area (Å²) in [5, 5.41) is 6.20. The van der Waals surface area contributed by atoms with Crippen molar-refractivity contribution in [1.82, 2.24) is 15.5 Å². The van der Waals surface area contributed by atoms with Crippen molar-refractivity contribution >= 4 is 5.91 Å². The fourth-order valence-electron chi connectivity index (χ4n) is 1.49. The summed E-state index contributed by atoms with van der Waals surface area (Å²) in [4.78, 5) is 15.5. The molecule has 1 heterocycles. The van der Waals surface area contributed by atoms with Crippen LogP contribution in [-0.2, 0) is 6.42 Å². The topological polar surface area (TPSA) is 68.0 Å². The van der Waals surface area contributed by atoms with Crippen LogP contribution in [0.5, 0.6) is 0 Å². The van der Waals surface area contributed by atoms with E-state index < -0.39 is 11.7 Å². The van der Waals surface area contributed by atoms with Gasteiger partial charge < -0.3 is 9.84 Å². The molecular formula is C12H12FN3O2. The van der Waals surface area contributed by atoms with Gasteiger partial charge in [0.1, 0.15) is 5.82 Å². The molecule has 0 spiro atoms. The van der Waals surface area contributed by atoms with Crippen LogP contribution in [-0.4, -0.2) is 22.6 Å². The van der Waals surface area contributed by atoms with Crippen LogP contribution in [0, 0.1) is 12.7 Å². The van der Waals surface area contributed by atoms with E-state index in [9.17, 15) is 9.18 Å². The summed E-state index contributed by atoms with van der Waals surface area (Å²) in [6.45, 7) is 2.09. The van der Waals surface area contributed by atoms with Crippen molar-refractivity contribution in [2.75, 3.05) is 6.54 Å². The van der Waals surface area contributed by atoms with Gasteiger partial charge in [-0.05, 0) is 24.6 Å². The Bertz CT molecular complexity index is 540. The minimum absolute atomic E-state index is 0.0358. The zero-order valence-corrected chi connectivity index (χ0v) is 9.81. The first kappa shape index (κ1) is 12.2. The van der Waals surface area contributed by atoms with Gasteiger partial charge in [-0.3, -0.25) is 4.79 Å². The van der Waals surface area contributed by atoms with Gasteiger partial charge in [-0.15, -0.1) is 0 Å². The number of hydrogen-bond acceptors (Lipinski definition) is 4. The van der Waals surface area contributed by atoms with E-state index in [4.69, 9.17) is 0 Å². The fourth-order valence-corrected chi connectivity index (χ4v) is 1.49. The second-order valence-electron chi connectivity index (χ2n) is 3.84. The Labute approximate surface area is 103 Å². The monoisotopic (exact) mass is 249 g/mol. The Hall–Kier alpha value is -2.24. The molecule has 0 aliphatic carbocycles. The molecule has 1 aromatic heterocycles. The molecule has 0 aliphatic rings. The number of rotatable bonds is 4. The molecule has 0 aliphatic heterocycles. The van der Waals surface area contributed by atoms with Crippen LogP contribution >= 0.6 is 0 Å². The molecule has 0 saturated heterocycles. The number of halogens is 1.